The van der Waals surface area contributed by atoms with E-state index in [4.69, 9.17) is 29.8 Å². The molecule has 44 heavy (non-hydrogen) atoms. The molecule has 2 aromatic heterocycles. The van der Waals surface area contributed by atoms with Crippen LogP contribution in [0.2, 0.25) is 0 Å². The number of unbranched alkanes of at least 4 members (excludes halogenated alkanes) is 2. The molecule has 4 N–H and O–H groups in total. The SMILES string of the molecule is CC(Nc1nc(-c2ccc(OCCCCCOc3ccc(C(=N)NO)cc3)cc2)c(CN2CCOCC2)s1)c1cccnc1. The fourth-order valence-corrected chi connectivity index (χ4v) is 5.97. The summed E-state index contributed by atoms with van der Waals surface area (Å²) in [7, 11) is 0. The maximum absolute atomic E-state index is 8.82. The average molecular weight is 617 g/mol. The van der Waals surface area contributed by atoms with Crippen molar-refractivity contribution in [3.05, 3.63) is 89.1 Å². The fraction of sp³-hybridized carbons (Fsp3) is 0.364. The maximum Gasteiger partial charge on any atom is 0.184 e. The first-order valence-electron chi connectivity index (χ1n) is 15.0. The van der Waals surface area contributed by atoms with Gasteiger partial charge in [-0.25, -0.2) is 4.98 Å². The second-order valence-corrected chi connectivity index (χ2v) is 11.7. The molecule has 0 bridgehead atoms. The smallest absolute Gasteiger partial charge is 0.184 e. The van der Waals surface area contributed by atoms with Crippen LogP contribution >= 0.6 is 11.3 Å². The van der Waals surface area contributed by atoms with Gasteiger partial charge in [-0.1, -0.05) is 6.07 Å². The molecule has 2 aromatic carbocycles. The van der Waals surface area contributed by atoms with Crippen LogP contribution in [0.15, 0.2) is 73.1 Å². The Hall–Kier alpha value is -4.03. The number of aromatic nitrogens is 2. The number of anilines is 1. The van der Waals surface area contributed by atoms with Crippen molar-refractivity contribution in [2.45, 2.75) is 38.8 Å². The molecule has 10 nitrogen and oxygen atoms in total. The Morgan fingerprint density at radius 3 is 2.32 bits per heavy atom. The van der Waals surface area contributed by atoms with E-state index in [1.807, 2.05) is 29.9 Å². The van der Waals surface area contributed by atoms with E-state index in [0.29, 0.717) is 18.8 Å². The molecule has 0 radical (unpaired) electrons. The molecule has 5 rings (SSSR count). The third-order valence-corrected chi connectivity index (χ3v) is 8.37. The molecule has 1 saturated heterocycles. The van der Waals surface area contributed by atoms with Crippen LogP contribution in [0.4, 0.5) is 5.13 Å². The molecule has 0 amide bonds. The molecule has 0 saturated carbocycles. The van der Waals surface area contributed by atoms with Gasteiger partial charge < -0.3 is 19.5 Å². The number of pyridine rings is 1. The number of nitrogens with zero attached hydrogens (tertiary/aromatic N) is 3. The summed E-state index contributed by atoms with van der Waals surface area (Å²) < 4.78 is 17.4. The fourth-order valence-electron chi connectivity index (χ4n) is 4.86. The third kappa shape index (κ3) is 8.99. The van der Waals surface area contributed by atoms with Gasteiger partial charge in [0.15, 0.2) is 5.13 Å². The van der Waals surface area contributed by atoms with Crippen LogP contribution in [0.3, 0.4) is 0 Å². The quantitative estimate of drug-likeness (QED) is 0.0539. The highest BCUT2D eigenvalue weighted by Crippen LogP contribution is 2.35. The number of nitrogens with one attached hydrogen (secondary N) is 3. The van der Waals surface area contributed by atoms with Crippen molar-refractivity contribution in [3.63, 3.8) is 0 Å². The summed E-state index contributed by atoms with van der Waals surface area (Å²) in [5.74, 6) is 1.55. The zero-order chi connectivity index (χ0) is 30.6. The number of benzene rings is 2. The molecule has 1 aliphatic rings. The number of rotatable bonds is 15. The van der Waals surface area contributed by atoms with Crippen molar-refractivity contribution in [2.24, 2.45) is 0 Å². The summed E-state index contributed by atoms with van der Waals surface area (Å²) in [4.78, 5) is 13.0. The Kier molecular flexibility index (Phi) is 11.5. The van der Waals surface area contributed by atoms with Crippen molar-refractivity contribution in [1.82, 2.24) is 20.3 Å². The molecule has 3 heterocycles. The maximum atomic E-state index is 8.82. The van der Waals surface area contributed by atoms with Crippen LogP contribution in [0.5, 0.6) is 11.5 Å². The van der Waals surface area contributed by atoms with Gasteiger partial charge in [0.2, 0.25) is 0 Å². The summed E-state index contributed by atoms with van der Waals surface area (Å²) >= 11 is 1.71. The second kappa shape index (κ2) is 16.2. The van der Waals surface area contributed by atoms with Crippen molar-refractivity contribution in [3.8, 4) is 22.8 Å². The van der Waals surface area contributed by atoms with Gasteiger partial charge in [-0.3, -0.25) is 26.0 Å². The average Bonchev–Trinajstić information content (AvgIpc) is 3.46. The summed E-state index contributed by atoms with van der Waals surface area (Å²) in [6, 6.07) is 19.4. The van der Waals surface area contributed by atoms with Gasteiger partial charge in [0.05, 0.1) is 38.2 Å². The van der Waals surface area contributed by atoms with Crippen LogP contribution in [0.25, 0.3) is 11.3 Å². The number of ether oxygens (including phenoxy) is 3. The van der Waals surface area contributed by atoms with E-state index in [2.05, 4.69) is 40.3 Å². The number of amidine groups is 1. The first-order valence-corrected chi connectivity index (χ1v) is 15.8. The number of hydrogen-bond acceptors (Lipinski definition) is 10. The first-order chi connectivity index (χ1) is 21.6. The van der Waals surface area contributed by atoms with Gasteiger partial charge in [-0.2, -0.15) is 0 Å². The van der Waals surface area contributed by atoms with Gasteiger partial charge in [-0.05, 0) is 86.3 Å². The Morgan fingerprint density at radius 1 is 1.00 bits per heavy atom. The highest BCUT2D eigenvalue weighted by Gasteiger charge is 2.19. The van der Waals surface area contributed by atoms with E-state index in [0.717, 1.165) is 85.6 Å². The lowest BCUT2D eigenvalue weighted by Gasteiger charge is -2.26. The Bertz CT molecular complexity index is 1440. The molecular formula is C33H40N6O4S. The van der Waals surface area contributed by atoms with Gasteiger partial charge >= 0.3 is 0 Å². The van der Waals surface area contributed by atoms with Crippen LogP contribution < -0.4 is 20.3 Å². The molecule has 1 unspecified atom stereocenters. The van der Waals surface area contributed by atoms with Crippen molar-refractivity contribution >= 4 is 22.3 Å². The zero-order valence-corrected chi connectivity index (χ0v) is 25.8. The lowest BCUT2D eigenvalue weighted by atomic mass is 10.1. The zero-order valence-electron chi connectivity index (χ0n) is 25.0. The summed E-state index contributed by atoms with van der Waals surface area (Å²) in [6.07, 6.45) is 6.53. The number of morpholine rings is 1. The van der Waals surface area contributed by atoms with Crippen LogP contribution in [0.1, 0.15) is 48.2 Å². The minimum absolute atomic E-state index is 0.0448. The highest BCUT2D eigenvalue weighted by atomic mass is 32.1. The largest absolute Gasteiger partial charge is 0.494 e. The summed E-state index contributed by atoms with van der Waals surface area (Å²) in [5.41, 5.74) is 5.64. The van der Waals surface area contributed by atoms with Crippen molar-refractivity contribution < 1.29 is 19.4 Å². The topological polar surface area (TPSA) is 125 Å². The Morgan fingerprint density at radius 2 is 1.68 bits per heavy atom. The normalized spacial score (nSPS) is 14.1. The lowest BCUT2D eigenvalue weighted by molar-refractivity contribution is 0.0347. The standard InChI is InChI=1S/C33H40N6O4S/c1-24(27-6-5-15-35-22-27)36-33-37-31(30(44-33)23-39-16-20-41-21-17-39)25-7-11-28(12-8-25)42-18-3-2-4-19-43-29-13-9-26(10-14-29)32(34)38-40/h5-15,22,24,40H,2-4,16-21,23H2,1H3,(H2,34,38)(H,36,37). The summed E-state index contributed by atoms with van der Waals surface area (Å²) in [6.45, 7) is 7.61. The molecular weight excluding hydrogens is 576 g/mol. The molecule has 1 fully saturated rings. The summed E-state index contributed by atoms with van der Waals surface area (Å²) in [5, 5.41) is 20.9. The van der Waals surface area contributed by atoms with Gasteiger partial charge in [-0.15, -0.1) is 11.3 Å². The molecule has 1 aliphatic heterocycles. The van der Waals surface area contributed by atoms with Gasteiger partial charge in [0.1, 0.15) is 17.3 Å². The van der Waals surface area contributed by atoms with Gasteiger partial charge in [0.25, 0.3) is 0 Å². The Balaban J connectivity index is 1.11. The van der Waals surface area contributed by atoms with Crippen LogP contribution in [-0.2, 0) is 11.3 Å². The predicted molar refractivity (Wildman–Crippen MR) is 173 cm³/mol. The van der Waals surface area contributed by atoms with Crippen molar-refractivity contribution in [1.29, 1.82) is 5.41 Å². The van der Waals surface area contributed by atoms with E-state index in [9.17, 15) is 0 Å². The van der Waals surface area contributed by atoms with Crippen molar-refractivity contribution in [2.75, 3.05) is 44.8 Å². The number of hydrogen-bond donors (Lipinski definition) is 4. The van der Waals surface area contributed by atoms with E-state index in [1.165, 1.54) is 4.88 Å². The second-order valence-electron chi connectivity index (χ2n) is 10.6. The minimum atomic E-state index is -0.0448. The highest BCUT2D eigenvalue weighted by molar-refractivity contribution is 7.16. The molecule has 232 valence electrons. The van der Waals surface area contributed by atoms with Crippen LogP contribution in [0, 0.1) is 5.41 Å². The van der Waals surface area contributed by atoms with Crippen LogP contribution in [-0.4, -0.2) is 65.4 Å². The predicted octanol–water partition coefficient (Wildman–Crippen LogP) is 6.14. The lowest BCUT2D eigenvalue weighted by Crippen LogP contribution is -2.35. The van der Waals surface area contributed by atoms with E-state index in [1.54, 1.807) is 41.8 Å². The molecule has 11 heteroatoms. The molecule has 0 aliphatic carbocycles. The van der Waals surface area contributed by atoms with E-state index in [-0.39, 0.29) is 11.9 Å². The van der Waals surface area contributed by atoms with Gasteiger partial charge in [0, 0.05) is 48.0 Å². The third-order valence-electron chi connectivity index (χ3n) is 7.40. The molecule has 0 spiro atoms. The van der Waals surface area contributed by atoms with E-state index >= 15 is 0 Å². The molecule has 1 atom stereocenters. The number of thiazole rings is 1. The first kappa shape index (κ1) is 31.4. The Labute approximate surface area is 262 Å². The molecule has 4 aromatic rings. The number of hydroxylamine groups is 1. The van der Waals surface area contributed by atoms with E-state index < -0.39 is 0 Å². The minimum Gasteiger partial charge on any atom is -0.494 e. The monoisotopic (exact) mass is 616 g/mol.